The first-order valence-corrected chi connectivity index (χ1v) is 10.4. The molecule has 1 amide bonds. The Morgan fingerprint density at radius 1 is 1.43 bits per heavy atom. The smallest absolute Gasteiger partial charge is 0.253 e. The van der Waals surface area contributed by atoms with Gasteiger partial charge in [-0.3, -0.25) is 14.3 Å². The highest BCUT2D eigenvalue weighted by Gasteiger charge is 2.32. The first-order chi connectivity index (χ1) is 14.4. The zero-order valence-corrected chi connectivity index (χ0v) is 18.5. The number of carbonyl (C=O) groups excluding carboxylic acids is 1. The molecule has 0 radical (unpaired) electrons. The fourth-order valence-corrected chi connectivity index (χ4v) is 3.75. The number of nitrogen functional groups attached to an aromatic ring is 1. The van der Waals surface area contributed by atoms with Crippen LogP contribution in [0.2, 0.25) is 0 Å². The molecular formula is C24H31N5O. The third-order valence-corrected chi connectivity index (χ3v) is 5.33. The van der Waals surface area contributed by atoms with Crippen molar-refractivity contribution in [2.24, 2.45) is 5.73 Å². The molecule has 0 aliphatic heterocycles. The van der Waals surface area contributed by atoms with Gasteiger partial charge in [-0.05, 0) is 44.3 Å². The minimum Gasteiger partial charge on any atom is -0.384 e. The van der Waals surface area contributed by atoms with Crippen LogP contribution in [0.25, 0.3) is 16.6 Å². The van der Waals surface area contributed by atoms with Gasteiger partial charge in [0.15, 0.2) is 0 Å². The summed E-state index contributed by atoms with van der Waals surface area (Å²) in [4.78, 5) is 16.7. The summed E-state index contributed by atoms with van der Waals surface area (Å²) in [5.41, 5.74) is 16.9. The maximum Gasteiger partial charge on any atom is 0.253 e. The van der Waals surface area contributed by atoms with Crippen LogP contribution in [-0.2, 0) is 0 Å². The molecule has 158 valence electrons. The summed E-state index contributed by atoms with van der Waals surface area (Å²) in [5, 5.41) is 10.5. The molecule has 2 heterocycles. The van der Waals surface area contributed by atoms with Crippen LogP contribution in [0.15, 0.2) is 36.1 Å². The summed E-state index contributed by atoms with van der Waals surface area (Å²) in [6.07, 6.45) is 8.15. The van der Waals surface area contributed by atoms with Gasteiger partial charge in [-0.15, -0.1) is 0 Å². The van der Waals surface area contributed by atoms with Crippen LogP contribution >= 0.6 is 0 Å². The minimum absolute atomic E-state index is 0.197. The molecule has 1 aliphatic rings. The second kappa shape index (κ2) is 9.45. The number of pyridine rings is 1. The monoisotopic (exact) mass is 405 g/mol. The van der Waals surface area contributed by atoms with Crippen molar-refractivity contribution < 1.29 is 4.79 Å². The summed E-state index contributed by atoms with van der Waals surface area (Å²) in [6.45, 7) is 13.8. The van der Waals surface area contributed by atoms with Gasteiger partial charge in [0.25, 0.3) is 5.91 Å². The number of amides is 1. The standard InChI is InChI=1S/C22H25N5O.C2H6/c1-5-12(4)19(13(6-2)7-3)27-20-15(10-23)18(14-8-9-14)26-11-16(20)17(21(27)24)22(25)28;1-2/h5-6,11,14H,1,7-9,24H2,2-4H3,(H2,25,28);1-2H3/b13-6-,19-12+;. The largest absolute Gasteiger partial charge is 0.384 e. The molecule has 6 heteroatoms. The second-order valence-corrected chi connectivity index (χ2v) is 7.03. The molecule has 1 fully saturated rings. The van der Waals surface area contributed by atoms with Crippen LogP contribution < -0.4 is 11.5 Å². The molecule has 1 saturated carbocycles. The lowest BCUT2D eigenvalue weighted by atomic mass is 10.0. The van der Waals surface area contributed by atoms with Crippen molar-refractivity contribution in [2.75, 3.05) is 5.73 Å². The van der Waals surface area contributed by atoms with Gasteiger partial charge >= 0.3 is 0 Å². The van der Waals surface area contributed by atoms with Gasteiger partial charge in [0.2, 0.25) is 0 Å². The second-order valence-electron chi connectivity index (χ2n) is 7.03. The molecule has 4 N–H and O–H groups in total. The Morgan fingerprint density at radius 3 is 2.50 bits per heavy atom. The van der Waals surface area contributed by atoms with Crippen LogP contribution in [0.4, 0.5) is 5.82 Å². The van der Waals surface area contributed by atoms with Gasteiger partial charge in [0, 0.05) is 17.5 Å². The number of hydrogen-bond acceptors (Lipinski definition) is 4. The Morgan fingerprint density at radius 2 is 2.07 bits per heavy atom. The van der Waals surface area contributed by atoms with Crippen molar-refractivity contribution in [3.8, 4) is 6.07 Å². The molecule has 3 rings (SSSR count). The van der Waals surface area contributed by atoms with E-state index in [1.54, 1.807) is 16.8 Å². The Bertz CT molecular complexity index is 1090. The third kappa shape index (κ3) is 3.76. The first kappa shape index (κ1) is 23.0. The molecule has 30 heavy (non-hydrogen) atoms. The lowest BCUT2D eigenvalue weighted by Crippen LogP contribution is -2.14. The zero-order valence-electron chi connectivity index (χ0n) is 18.5. The van der Waals surface area contributed by atoms with Crippen LogP contribution in [0, 0.1) is 11.3 Å². The van der Waals surface area contributed by atoms with Crippen molar-refractivity contribution in [1.82, 2.24) is 9.55 Å². The number of hydrogen-bond donors (Lipinski definition) is 2. The van der Waals surface area contributed by atoms with Crippen LogP contribution in [-0.4, -0.2) is 15.5 Å². The number of rotatable bonds is 6. The third-order valence-electron chi connectivity index (χ3n) is 5.33. The Balaban J connectivity index is 0.00000155. The van der Waals surface area contributed by atoms with Gasteiger partial charge < -0.3 is 11.5 Å². The van der Waals surface area contributed by atoms with E-state index >= 15 is 0 Å². The van der Waals surface area contributed by atoms with E-state index in [-0.39, 0.29) is 17.3 Å². The van der Waals surface area contributed by atoms with Crippen LogP contribution in [0.1, 0.15) is 81.4 Å². The topological polar surface area (TPSA) is 111 Å². The number of aromatic nitrogens is 2. The number of allylic oxidation sites excluding steroid dienone is 5. The fraction of sp³-hybridized carbons (Fsp3) is 0.375. The highest BCUT2D eigenvalue weighted by molar-refractivity contribution is 6.13. The molecule has 2 aromatic heterocycles. The molecule has 1 aliphatic carbocycles. The molecule has 0 atom stereocenters. The molecule has 0 bridgehead atoms. The quantitative estimate of drug-likeness (QED) is 0.638. The average Bonchev–Trinajstić information content (AvgIpc) is 3.55. The summed E-state index contributed by atoms with van der Waals surface area (Å²) < 4.78 is 1.79. The van der Waals surface area contributed by atoms with E-state index in [2.05, 4.69) is 17.6 Å². The van der Waals surface area contributed by atoms with Crippen molar-refractivity contribution in [2.45, 2.75) is 59.8 Å². The molecule has 0 aromatic carbocycles. The summed E-state index contributed by atoms with van der Waals surface area (Å²) in [6, 6.07) is 2.31. The van der Waals surface area contributed by atoms with Crippen LogP contribution in [0.5, 0.6) is 0 Å². The van der Waals surface area contributed by atoms with Crippen LogP contribution in [0.3, 0.4) is 0 Å². The SMILES string of the molecule is C=C/C(C)=C(\C(=C/C)CC)n1c(N)c(C(N)=O)c2cnc(C3CC3)c(C#N)c21.CC. The maximum atomic E-state index is 12.2. The minimum atomic E-state index is -0.639. The summed E-state index contributed by atoms with van der Waals surface area (Å²) in [7, 11) is 0. The number of anilines is 1. The maximum absolute atomic E-state index is 12.2. The van der Waals surface area contributed by atoms with E-state index in [1.807, 2.05) is 40.7 Å². The van der Waals surface area contributed by atoms with E-state index in [9.17, 15) is 10.1 Å². The number of fused-ring (bicyclic) bond motifs is 1. The van der Waals surface area contributed by atoms with Gasteiger partial charge in [-0.1, -0.05) is 39.5 Å². The van der Waals surface area contributed by atoms with E-state index in [0.29, 0.717) is 16.5 Å². The Labute approximate surface area is 178 Å². The van der Waals surface area contributed by atoms with Gasteiger partial charge in [0.05, 0.1) is 28.0 Å². The van der Waals surface area contributed by atoms with Crippen molar-refractivity contribution in [3.63, 3.8) is 0 Å². The number of nitriles is 1. The zero-order chi connectivity index (χ0) is 22.6. The number of carbonyl (C=O) groups is 1. The molecule has 6 nitrogen and oxygen atoms in total. The number of primary amides is 1. The average molecular weight is 406 g/mol. The molecule has 0 unspecified atom stereocenters. The summed E-state index contributed by atoms with van der Waals surface area (Å²) in [5.74, 6) is -0.140. The number of nitrogens with two attached hydrogens (primary N) is 2. The van der Waals surface area contributed by atoms with E-state index < -0.39 is 5.91 Å². The molecular weight excluding hydrogens is 374 g/mol. The van der Waals surface area contributed by atoms with Gasteiger partial charge in [-0.2, -0.15) is 5.26 Å². The van der Waals surface area contributed by atoms with Crippen molar-refractivity contribution in [1.29, 1.82) is 5.26 Å². The normalized spacial score (nSPS) is 14.5. The molecule has 0 spiro atoms. The van der Waals surface area contributed by atoms with Crippen molar-refractivity contribution in [3.05, 3.63) is 52.9 Å². The van der Waals surface area contributed by atoms with Gasteiger partial charge in [0.1, 0.15) is 11.9 Å². The van der Waals surface area contributed by atoms with E-state index in [1.165, 1.54) is 0 Å². The highest BCUT2D eigenvalue weighted by Crippen LogP contribution is 2.44. The lowest BCUT2D eigenvalue weighted by Gasteiger charge is -2.19. The van der Waals surface area contributed by atoms with Crippen molar-refractivity contribution >= 4 is 28.3 Å². The number of nitrogens with zero attached hydrogens (tertiary/aromatic N) is 3. The van der Waals surface area contributed by atoms with E-state index in [4.69, 9.17) is 11.5 Å². The first-order valence-electron chi connectivity index (χ1n) is 10.4. The summed E-state index contributed by atoms with van der Waals surface area (Å²) >= 11 is 0. The van der Waals surface area contributed by atoms with E-state index in [0.717, 1.165) is 41.8 Å². The Kier molecular flexibility index (Phi) is 7.23. The molecule has 0 saturated heterocycles. The predicted octanol–water partition coefficient (Wildman–Crippen LogP) is 5.27. The molecule has 2 aromatic rings. The predicted molar refractivity (Wildman–Crippen MR) is 124 cm³/mol. The Hall–Kier alpha value is -3.33. The fourth-order valence-electron chi connectivity index (χ4n) is 3.75. The lowest BCUT2D eigenvalue weighted by molar-refractivity contribution is 0.100. The highest BCUT2D eigenvalue weighted by atomic mass is 16.1. The van der Waals surface area contributed by atoms with Gasteiger partial charge in [-0.25, -0.2) is 0 Å².